The van der Waals surface area contributed by atoms with E-state index in [2.05, 4.69) is 25.9 Å². The van der Waals surface area contributed by atoms with Gasteiger partial charge in [0.2, 0.25) is 17.7 Å². The maximum Gasteiger partial charge on any atom is 0.326 e. The predicted octanol–water partition coefficient (Wildman–Crippen LogP) is -2.08. The number of aliphatic hydroxyl groups is 1. The molecule has 14 heteroatoms. The van der Waals surface area contributed by atoms with Gasteiger partial charge >= 0.3 is 11.9 Å². The molecule has 2 rings (SSSR count). The van der Waals surface area contributed by atoms with Gasteiger partial charge in [-0.25, -0.2) is 9.78 Å². The molecular weight excluding hydrogens is 488 g/mol. The monoisotopic (exact) mass is 518 g/mol. The minimum atomic E-state index is -1.56. The highest BCUT2D eigenvalue weighted by atomic mass is 16.4. The van der Waals surface area contributed by atoms with E-state index in [1.54, 1.807) is 30.3 Å². The average Bonchev–Trinajstić information content (AvgIpc) is 3.37. The molecule has 0 aliphatic heterocycles. The number of nitrogens with zero attached hydrogens (tertiary/aromatic N) is 1. The zero-order valence-corrected chi connectivity index (χ0v) is 19.8. The highest BCUT2D eigenvalue weighted by Crippen LogP contribution is 2.06. The fourth-order valence-electron chi connectivity index (χ4n) is 3.33. The lowest BCUT2D eigenvalue weighted by Crippen LogP contribution is -2.58. The summed E-state index contributed by atoms with van der Waals surface area (Å²) in [5, 5.41) is 34.6. The SMILES string of the molecule is NC(Cc1cnc[nH]1)C(=O)NC(Cc1ccccc1)C(=O)NC(CO)C(=O)NC(CCC(=O)O)C(=O)O. The number of imidazole rings is 1. The number of nitrogens with one attached hydrogen (secondary N) is 4. The molecule has 3 amide bonds. The van der Waals surface area contributed by atoms with Crippen molar-refractivity contribution in [3.63, 3.8) is 0 Å². The molecule has 2 aromatic rings. The minimum absolute atomic E-state index is 0.0331. The number of aliphatic carboxylic acids is 2. The van der Waals surface area contributed by atoms with Gasteiger partial charge in [-0.3, -0.25) is 19.2 Å². The Kier molecular flexibility index (Phi) is 11.2. The van der Waals surface area contributed by atoms with Crippen LogP contribution in [0.4, 0.5) is 0 Å². The van der Waals surface area contributed by atoms with Crippen LogP contribution in [0.5, 0.6) is 0 Å². The van der Waals surface area contributed by atoms with Gasteiger partial charge in [-0.15, -0.1) is 0 Å². The van der Waals surface area contributed by atoms with Crippen LogP contribution in [0.15, 0.2) is 42.9 Å². The third kappa shape index (κ3) is 9.70. The van der Waals surface area contributed by atoms with E-state index in [0.717, 1.165) is 0 Å². The molecule has 0 radical (unpaired) electrons. The Labute approximate surface area is 211 Å². The molecule has 37 heavy (non-hydrogen) atoms. The molecule has 1 aromatic carbocycles. The Morgan fingerprint density at radius 2 is 1.51 bits per heavy atom. The summed E-state index contributed by atoms with van der Waals surface area (Å²) in [6.45, 7) is -0.881. The normalized spacial score (nSPS) is 14.0. The Morgan fingerprint density at radius 1 is 0.892 bits per heavy atom. The number of aromatic amines is 1. The number of H-pyrrole nitrogens is 1. The number of hydrogen-bond donors (Lipinski definition) is 8. The predicted molar refractivity (Wildman–Crippen MR) is 128 cm³/mol. The Balaban J connectivity index is 2.11. The molecule has 0 bridgehead atoms. The first-order valence-electron chi connectivity index (χ1n) is 11.3. The maximum atomic E-state index is 13.1. The number of amides is 3. The van der Waals surface area contributed by atoms with Crippen molar-refractivity contribution in [1.82, 2.24) is 25.9 Å². The largest absolute Gasteiger partial charge is 0.481 e. The average molecular weight is 519 g/mol. The summed E-state index contributed by atoms with van der Waals surface area (Å²) in [5.41, 5.74) is 7.27. The molecule has 9 N–H and O–H groups in total. The maximum absolute atomic E-state index is 13.1. The van der Waals surface area contributed by atoms with Crippen LogP contribution in [-0.2, 0) is 36.8 Å². The van der Waals surface area contributed by atoms with Gasteiger partial charge in [-0.2, -0.15) is 0 Å². The van der Waals surface area contributed by atoms with Gasteiger partial charge in [-0.05, 0) is 12.0 Å². The second-order valence-corrected chi connectivity index (χ2v) is 8.21. The number of aromatic nitrogens is 2. The van der Waals surface area contributed by atoms with E-state index < -0.39 is 73.3 Å². The lowest BCUT2D eigenvalue weighted by Gasteiger charge is -2.24. The van der Waals surface area contributed by atoms with Gasteiger partial charge in [0.05, 0.1) is 19.0 Å². The van der Waals surface area contributed by atoms with Crippen LogP contribution in [0.2, 0.25) is 0 Å². The number of carboxylic acids is 2. The van der Waals surface area contributed by atoms with Crippen LogP contribution in [0.1, 0.15) is 24.1 Å². The van der Waals surface area contributed by atoms with Crippen LogP contribution in [0.25, 0.3) is 0 Å². The van der Waals surface area contributed by atoms with Crippen molar-refractivity contribution in [3.8, 4) is 0 Å². The number of carboxylic acid groups (broad SMARTS) is 2. The summed E-state index contributed by atoms with van der Waals surface area (Å²) in [6.07, 6.45) is 2.18. The fraction of sp³-hybridized carbons (Fsp3) is 0.391. The van der Waals surface area contributed by atoms with Crippen molar-refractivity contribution in [2.75, 3.05) is 6.61 Å². The van der Waals surface area contributed by atoms with Crippen LogP contribution in [-0.4, -0.2) is 85.7 Å². The Morgan fingerprint density at radius 3 is 2.08 bits per heavy atom. The lowest BCUT2D eigenvalue weighted by molar-refractivity contribution is -0.143. The van der Waals surface area contributed by atoms with E-state index in [4.69, 9.17) is 10.8 Å². The van der Waals surface area contributed by atoms with Crippen molar-refractivity contribution in [1.29, 1.82) is 0 Å². The van der Waals surface area contributed by atoms with E-state index in [1.165, 1.54) is 12.5 Å². The van der Waals surface area contributed by atoms with Crippen LogP contribution in [0, 0.1) is 0 Å². The van der Waals surface area contributed by atoms with Crippen molar-refractivity contribution in [3.05, 3.63) is 54.1 Å². The zero-order chi connectivity index (χ0) is 27.4. The first-order valence-corrected chi connectivity index (χ1v) is 11.3. The number of benzene rings is 1. The summed E-state index contributed by atoms with van der Waals surface area (Å²) in [6, 6.07) is 3.39. The summed E-state index contributed by atoms with van der Waals surface area (Å²) in [7, 11) is 0. The summed E-state index contributed by atoms with van der Waals surface area (Å²) < 4.78 is 0. The molecule has 0 saturated heterocycles. The molecular formula is C23H30N6O8. The fourth-order valence-corrected chi connectivity index (χ4v) is 3.33. The third-order valence-corrected chi connectivity index (χ3v) is 5.32. The number of carbonyl (C=O) groups is 5. The van der Waals surface area contributed by atoms with Crippen molar-refractivity contribution in [2.45, 2.75) is 49.9 Å². The molecule has 1 heterocycles. The first kappa shape index (κ1) is 28.9. The van der Waals surface area contributed by atoms with Gasteiger partial charge in [0.1, 0.15) is 18.1 Å². The van der Waals surface area contributed by atoms with Gasteiger partial charge in [0, 0.05) is 31.2 Å². The van der Waals surface area contributed by atoms with E-state index >= 15 is 0 Å². The molecule has 0 spiro atoms. The first-order chi connectivity index (χ1) is 17.6. The van der Waals surface area contributed by atoms with E-state index in [9.17, 15) is 34.2 Å². The molecule has 1 aromatic heterocycles. The van der Waals surface area contributed by atoms with Crippen LogP contribution in [0.3, 0.4) is 0 Å². The number of carbonyl (C=O) groups excluding carboxylic acids is 3. The quantitative estimate of drug-likeness (QED) is 0.128. The molecule has 0 aliphatic carbocycles. The van der Waals surface area contributed by atoms with Gasteiger partial charge in [0.15, 0.2) is 0 Å². The molecule has 0 saturated carbocycles. The van der Waals surface area contributed by atoms with E-state index in [1.807, 2.05) is 0 Å². The molecule has 200 valence electrons. The summed E-state index contributed by atoms with van der Waals surface area (Å²) in [4.78, 5) is 67.1. The standard InChI is InChI=1S/C23H30N6O8/c24-15(9-14-10-25-12-26-14)20(33)28-17(8-13-4-2-1-3-5-13)21(34)29-18(11-30)22(35)27-16(23(36)37)6-7-19(31)32/h1-5,10,12,15-18,30H,6-9,11,24H2,(H,25,26)(H,27,35)(H,28,33)(H,29,34)(H,31,32)(H,36,37). The minimum Gasteiger partial charge on any atom is -0.481 e. The van der Waals surface area contributed by atoms with Crippen molar-refractivity contribution < 1.29 is 39.3 Å². The van der Waals surface area contributed by atoms with Gasteiger partial charge in [-0.1, -0.05) is 30.3 Å². The van der Waals surface area contributed by atoms with Crippen molar-refractivity contribution >= 4 is 29.7 Å². The van der Waals surface area contributed by atoms with Crippen LogP contribution >= 0.6 is 0 Å². The number of nitrogens with two attached hydrogens (primary N) is 1. The number of hydrogen-bond acceptors (Lipinski definition) is 8. The van der Waals surface area contributed by atoms with Crippen molar-refractivity contribution in [2.24, 2.45) is 5.73 Å². The van der Waals surface area contributed by atoms with Gasteiger partial charge < -0.3 is 42.0 Å². The molecule has 14 nitrogen and oxygen atoms in total. The second kappa shape index (κ2) is 14.3. The summed E-state index contributed by atoms with van der Waals surface area (Å²) >= 11 is 0. The second-order valence-electron chi connectivity index (χ2n) is 8.21. The topological polar surface area (TPSA) is 237 Å². The third-order valence-electron chi connectivity index (χ3n) is 5.32. The highest BCUT2D eigenvalue weighted by Gasteiger charge is 2.30. The number of aliphatic hydroxyl groups excluding tert-OH is 1. The highest BCUT2D eigenvalue weighted by molar-refractivity contribution is 5.94. The zero-order valence-electron chi connectivity index (χ0n) is 19.8. The van der Waals surface area contributed by atoms with Gasteiger partial charge in [0.25, 0.3) is 0 Å². The molecule has 0 fully saturated rings. The Bertz CT molecular complexity index is 1060. The van der Waals surface area contributed by atoms with E-state index in [-0.39, 0.29) is 12.8 Å². The Hall–Kier alpha value is -4.30. The molecule has 4 unspecified atom stereocenters. The van der Waals surface area contributed by atoms with E-state index in [0.29, 0.717) is 11.3 Å². The van der Waals surface area contributed by atoms with Crippen LogP contribution < -0.4 is 21.7 Å². The molecule has 4 atom stereocenters. The molecule has 0 aliphatic rings. The lowest BCUT2D eigenvalue weighted by atomic mass is 10.0. The summed E-state index contributed by atoms with van der Waals surface area (Å²) in [5.74, 6) is -5.22. The number of rotatable bonds is 15. The smallest absolute Gasteiger partial charge is 0.326 e.